The van der Waals surface area contributed by atoms with Gasteiger partial charge in [0.2, 0.25) is 0 Å². The van der Waals surface area contributed by atoms with Crippen molar-refractivity contribution in [3.8, 4) is 6.07 Å². The van der Waals surface area contributed by atoms with Crippen LogP contribution in [0.5, 0.6) is 0 Å². The Morgan fingerprint density at radius 3 is 2.31 bits per heavy atom. The third kappa shape index (κ3) is 3.59. The number of benzene rings is 1. The van der Waals surface area contributed by atoms with Crippen LogP contribution in [0.1, 0.15) is 31.9 Å². The fourth-order valence-electron chi connectivity index (χ4n) is 0.911. The lowest BCUT2D eigenvalue weighted by Gasteiger charge is -2.12. The average Bonchev–Trinajstić information content (AvgIpc) is 2.25. The molecule has 0 N–H and O–H groups in total. The van der Waals surface area contributed by atoms with Gasteiger partial charge in [-0.1, -0.05) is 12.1 Å². The second-order valence-electron chi connectivity index (χ2n) is 4.33. The Morgan fingerprint density at radius 1 is 1.31 bits per heavy atom. The Kier molecular flexibility index (Phi) is 3.97. The molecule has 1 atom stereocenters. The largest absolute Gasteiger partial charge is 0.234 e. The van der Waals surface area contributed by atoms with E-state index in [2.05, 4.69) is 4.40 Å². The van der Waals surface area contributed by atoms with Crippen LogP contribution in [0.4, 0.5) is 0 Å². The highest BCUT2D eigenvalue weighted by Gasteiger charge is 2.17. The van der Waals surface area contributed by atoms with Crippen molar-refractivity contribution in [1.82, 2.24) is 0 Å². The molecule has 16 heavy (non-hydrogen) atoms. The summed E-state index contributed by atoms with van der Waals surface area (Å²) in [6.07, 6.45) is 1.57. The van der Waals surface area contributed by atoms with E-state index in [0.717, 1.165) is 5.56 Å². The normalized spacial score (nSPS) is 13.6. The van der Waals surface area contributed by atoms with E-state index in [1.54, 1.807) is 30.5 Å². The molecule has 0 radical (unpaired) electrons. The summed E-state index contributed by atoms with van der Waals surface area (Å²) in [7, 11) is -1.24. The van der Waals surface area contributed by atoms with Crippen molar-refractivity contribution in [2.75, 3.05) is 0 Å². The molecule has 0 spiro atoms. The van der Waals surface area contributed by atoms with E-state index in [4.69, 9.17) is 5.26 Å². The summed E-state index contributed by atoms with van der Waals surface area (Å²) in [6.45, 7) is 5.62. The Balaban J connectivity index is 2.78. The van der Waals surface area contributed by atoms with E-state index in [1.165, 1.54) is 0 Å². The fourth-order valence-corrected chi connectivity index (χ4v) is 1.44. The Labute approximate surface area is 98.4 Å². The van der Waals surface area contributed by atoms with Gasteiger partial charge in [-0.3, -0.25) is 0 Å². The quantitative estimate of drug-likeness (QED) is 0.738. The van der Waals surface area contributed by atoms with Crippen molar-refractivity contribution in [3.63, 3.8) is 0 Å². The van der Waals surface area contributed by atoms with Gasteiger partial charge in [0.25, 0.3) is 0 Å². The van der Waals surface area contributed by atoms with Gasteiger partial charge >= 0.3 is 0 Å². The minimum Gasteiger partial charge on any atom is -0.234 e. The highest BCUT2D eigenvalue weighted by atomic mass is 32.2. The fraction of sp³-hybridized carbons (Fsp3) is 0.333. The summed E-state index contributed by atoms with van der Waals surface area (Å²) in [6, 6.07) is 9.02. The highest BCUT2D eigenvalue weighted by Crippen LogP contribution is 2.12. The molecule has 0 aliphatic rings. The van der Waals surface area contributed by atoms with Crippen LogP contribution in [0.25, 0.3) is 0 Å². The Bertz CT molecular complexity index is 449. The van der Waals surface area contributed by atoms with Crippen LogP contribution in [-0.4, -0.2) is 15.2 Å². The third-order valence-corrected chi connectivity index (χ3v) is 3.21. The van der Waals surface area contributed by atoms with Gasteiger partial charge in [0.15, 0.2) is 0 Å². The highest BCUT2D eigenvalue weighted by molar-refractivity contribution is 7.85. The number of hydrogen-bond donors (Lipinski definition) is 0. The average molecular weight is 234 g/mol. The molecule has 4 heteroatoms. The van der Waals surface area contributed by atoms with Crippen molar-refractivity contribution in [2.24, 2.45) is 4.40 Å². The first-order valence-corrected chi connectivity index (χ1v) is 6.00. The van der Waals surface area contributed by atoms with Crippen molar-refractivity contribution < 1.29 is 4.21 Å². The molecule has 0 bridgehead atoms. The molecule has 0 aromatic heterocycles. The number of nitrogens with zero attached hydrogens (tertiary/aromatic N) is 2. The van der Waals surface area contributed by atoms with Crippen LogP contribution in [0, 0.1) is 11.3 Å². The topological polar surface area (TPSA) is 53.2 Å². The van der Waals surface area contributed by atoms with Gasteiger partial charge in [0.1, 0.15) is 11.0 Å². The Morgan fingerprint density at radius 2 is 1.88 bits per heavy atom. The first kappa shape index (κ1) is 12.6. The summed E-state index contributed by atoms with van der Waals surface area (Å²) in [5.74, 6) is 0. The van der Waals surface area contributed by atoms with Gasteiger partial charge in [-0.2, -0.15) is 9.66 Å². The van der Waals surface area contributed by atoms with E-state index in [0.29, 0.717) is 5.56 Å². The minimum absolute atomic E-state index is 0.344. The second-order valence-corrected chi connectivity index (χ2v) is 6.26. The molecule has 0 aliphatic heterocycles. The van der Waals surface area contributed by atoms with E-state index in [1.807, 2.05) is 26.8 Å². The molecule has 3 nitrogen and oxygen atoms in total. The van der Waals surface area contributed by atoms with Crippen LogP contribution in [0.15, 0.2) is 28.7 Å². The van der Waals surface area contributed by atoms with Crippen LogP contribution in [0.2, 0.25) is 0 Å². The van der Waals surface area contributed by atoms with E-state index in [9.17, 15) is 4.21 Å². The molecule has 1 unspecified atom stereocenters. The van der Waals surface area contributed by atoms with Gasteiger partial charge < -0.3 is 0 Å². The molecular formula is C12H14N2OS. The first-order chi connectivity index (χ1) is 7.43. The van der Waals surface area contributed by atoms with Crippen molar-refractivity contribution in [3.05, 3.63) is 35.4 Å². The molecule has 84 valence electrons. The molecule has 0 amide bonds. The lowest BCUT2D eigenvalue weighted by Crippen LogP contribution is -2.19. The van der Waals surface area contributed by atoms with Crippen LogP contribution in [-0.2, 0) is 11.0 Å². The monoisotopic (exact) mass is 234 g/mol. The summed E-state index contributed by atoms with van der Waals surface area (Å²) in [5, 5.41) is 8.62. The zero-order valence-electron chi connectivity index (χ0n) is 9.60. The lowest BCUT2D eigenvalue weighted by molar-refractivity contribution is 0.651. The van der Waals surface area contributed by atoms with E-state index < -0.39 is 11.0 Å². The van der Waals surface area contributed by atoms with Gasteiger partial charge in [-0.05, 0) is 38.5 Å². The summed E-state index contributed by atoms with van der Waals surface area (Å²) >= 11 is 0. The Hall–Kier alpha value is -1.47. The first-order valence-electron chi connectivity index (χ1n) is 4.90. The van der Waals surface area contributed by atoms with Crippen LogP contribution in [0.3, 0.4) is 0 Å². The van der Waals surface area contributed by atoms with Crippen molar-refractivity contribution in [1.29, 1.82) is 5.26 Å². The maximum atomic E-state index is 11.6. The number of nitriles is 1. The second kappa shape index (κ2) is 5.04. The molecule has 0 fully saturated rings. The van der Waals surface area contributed by atoms with Crippen molar-refractivity contribution >= 4 is 17.2 Å². The summed E-state index contributed by atoms with van der Waals surface area (Å²) < 4.78 is 15.3. The predicted molar refractivity (Wildman–Crippen MR) is 66.6 cm³/mol. The number of hydrogen-bond acceptors (Lipinski definition) is 2. The third-order valence-electron chi connectivity index (χ3n) is 1.86. The van der Waals surface area contributed by atoms with Gasteiger partial charge in [0.05, 0.1) is 16.4 Å². The standard InChI is InChI=1S/C12H14N2OS/c1-12(2,3)16(15)14-9-11-6-4-10(8-13)5-7-11/h4-7,9H,1-3H3/b14-9+. The van der Waals surface area contributed by atoms with Gasteiger partial charge in [0, 0.05) is 6.21 Å². The van der Waals surface area contributed by atoms with Gasteiger partial charge in [-0.15, -0.1) is 0 Å². The molecular weight excluding hydrogens is 220 g/mol. The maximum Gasteiger partial charge on any atom is 0.144 e. The zero-order chi connectivity index (χ0) is 12.2. The minimum atomic E-state index is -1.24. The van der Waals surface area contributed by atoms with Gasteiger partial charge in [-0.25, -0.2) is 4.21 Å². The van der Waals surface area contributed by atoms with E-state index >= 15 is 0 Å². The van der Waals surface area contributed by atoms with E-state index in [-0.39, 0.29) is 4.75 Å². The summed E-state index contributed by atoms with van der Waals surface area (Å²) in [5.41, 5.74) is 1.45. The van der Waals surface area contributed by atoms with Crippen LogP contribution >= 0.6 is 0 Å². The van der Waals surface area contributed by atoms with Crippen LogP contribution < -0.4 is 0 Å². The lowest BCUT2D eigenvalue weighted by atomic mass is 10.2. The zero-order valence-corrected chi connectivity index (χ0v) is 10.4. The molecule has 0 aliphatic carbocycles. The molecule has 1 aromatic carbocycles. The maximum absolute atomic E-state index is 11.6. The predicted octanol–water partition coefficient (Wildman–Crippen LogP) is 2.44. The molecule has 1 rings (SSSR count). The molecule has 0 saturated heterocycles. The smallest absolute Gasteiger partial charge is 0.144 e. The molecule has 1 aromatic rings. The van der Waals surface area contributed by atoms with Crippen molar-refractivity contribution in [2.45, 2.75) is 25.5 Å². The number of rotatable bonds is 2. The summed E-state index contributed by atoms with van der Waals surface area (Å²) in [4.78, 5) is 0. The molecule has 0 saturated carbocycles. The SMILES string of the molecule is CC(C)(C)S(=O)/N=C/c1ccc(C#N)cc1. The molecule has 0 heterocycles.